The molecule has 0 spiro atoms. The molecule has 3 N–H and O–H groups in total. The molecule has 70 valence electrons. The van der Waals surface area contributed by atoms with Gasteiger partial charge in [-0.25, -0.2) is 0 Å². The van der Waals surface area contributed by atoms with Gasteiger partial charge in [-0.05, 0) is 19.8 Å². The molecule has 0 amide bonds. The van der Waals surface area contributed by atoms with Crippen LogP contribution >= 0.6 is 0 Å². The van der Waals surface area contributed by atoms with Gasteiger partial charge in [-0.2, -0.15) is 0 Å². The van der Waals surface area contributed by atoms with Crippen molar-refractivity contribution in [3.8, 4) is 0 Å². The van der Waals surface area contributed by atoms with Gasteiger partial charge in [0.05, 0.1) is 18.6 Å². The van der Waals surface area contributed by atoms with Crippen LogP contribution in [0.3, 0.4) is 0 Å². The van der Waals surface area contributed by atoms with E-state index in [-0.39, 0.29) is 24.7 Å². The van der Waals surface area contributed by atoms with Crippen molar-refractivity contribution in [3.63, 3.8) is 0 Å². The number of nitrogens with two attached hydrogens (primary N) is 1. The van der Waals surface area contributed by atoms with Crippen LogP contribution in [0.2, 0.25) is 0 Å². The first-order valence-corrected chi connectivity index (χ1v) is 4.20. The van der Waals surface area contributed by atoms with Gasteiger partial charge in [0.2, 0.25) is 0 Å². The third kappa shape index (κ3) is 2.79. The zero-order valence-corrected chi connectivity index (χ0v) is 7.19. The number of aliphatic carboxylic acids is 1. The average molecular weight is 173 g/mol. The maximum Gasteiger partial charge on any atom is 0.305 e. The molecule has 0 saturated carbocycles. The third-order valence-electron chi connectivity index (χ3n) is 2.03. The molecule has 0 aromatic heterocycles. The summed E-state index contributed by atoms with van der Waals surface area (Å²) in [5.41, 5.74) is 5.72. The molecule has 0 radical (unpaired) electrons. The minimum atomic E-state index is -0.818. The summed E-state index contributed by atoms with van der Waals surface area (Å²) in [6.07, 6.45) is 1.46. The fraction of sp³-hybridized carbons (Fsp3) is 0.875. The van der Waals surface area contributed by atoms with E-state index in [1.165, 1.54) is 0 Å². The van der Waals surface area contributed by atoms with Crippen molar-refractivity contribution in [2.45, 2.75) is 44.4 Å². The lowest BCUT2D eigenvalue weighted by atomic mass is 9.98. The Bertz CT molecular complexity index is 162. The van der Waals surface area contributed by atoms with E-state index in [1.807, 2.05) is 6.92 Å². The summed E-state index contributed by atoms with van der Waals surface area (Å²) < 4.78 is 5.41. The Labute approximate surface area is 71.7 Å². The molecule has 0 aromatic carbocycles. The molecule has 1 rings (SSSR count). The summed E-state index contributed by atoms with van der Waals surface area (Å²) in [6.45, 7) is 1.92. The van der Waals surface area contributed by atoms with E-state index in [1.54, 1.807) is 0 Å². The van der Waals surface area contributed by atoms with Crippen LogP contribution in [0.5, 0.6) is 0 Å². The number of hydrogen-bond donors (Lipinski definition) is 2. The van der Waals surface area contributed by atoms with E-state index >= 15 is 0 Å². The topological polar surface area (TPSA) is 72.6 Å². The Kier molecular flexibility index (Phi) is 3.05. The molecular formula is C8H15NO3. The molecule has 3 atom stereocenters. The summed E-state index contributed by atoms with van der Waals surface area (Å²) in [6, 6.07) is 0.0955. The molecule has 1 heterocycles. The zero-order valence-electron chi connectivity index (χ0n) is 7.19. The van der Waals surface area contributed by atoms with Crippen molar-refractivity contribution in [3.05, 3.63) is 0 Å². The Morgan fingerprint density at radius 3 is 2.83 bits per heavy atom. The first-order chi connectivity index (χ1) is 5.58. The van der Waals surface area contributed by atoms with Crippen LogP contribution in [0.1, 0.15) is 26.2 Å². The highest BCUT2D eigenvalue weighted by Gasteiger charge is 2.26. The Morgan fingerprint density at radius 2 is 2.33 bits per heavy atom. The van der Waals surface area contributed by atoms with E-state index in [4.69, 9.17) is 15.6 Å². The number of ether oxygens (including phenoxy) is 1. The van der Waals surface area contributed by atoms with Gasteiger partial charge < -0.3 is 15.6 Å². The normalized spacial score (nSPS) is 36.3. The van der Waals surface area contributed by atoms with Crippen molar-refractivity contribution in [1.82, 2.24) is 0 Å². The Morgan fingerprint density at radius 1 is 1.67 bits per heavy atom. The minimum absolute atomic E-state index is 0.0675. The molecular weight excluding hydrogens is 158 g/mol. The second-order valence-corrected chi connectivity index (χ2v) is 3.40. The van der Waals surface area contributed by atoms with Gasteiger partial charge in [-0.15, -0.1) is 0 Å². The number of hydrogen-bond acceptors (Lipinski definition) is 3. The van der Waals surface area contributed by atoms with E-state index in [9.17, 15) is 4.79 Å². The molecule has 1 aliphatic heterocycles. The maximum absolute atomic E-state index is 10.4. The molecule has 4 heteroatoms. The number of carboxylic acids is 1. The van der Waals surface area contributed by atoms with Crippen LogP contribution < -0.4 is 5.73 Å². The number of carboxylic acid groups (broad SMARTS) is 1. The minimum Gasteiger partial charge on any atom is -0.481 e. The fourth-order valence-corrected chi connectivity index (χ4v) is 1.63. The molecule has 1 aliphatic rings. The standard InChI is InChI=1S/C8H15NO3/c1-5-2-6(9)3-7(12-5)4-8(10)11/h5-7H,2-4,9H2,1H3,(H,10,11). The van der Waals surface area contributed by atoms with E-state index in [0.717, 1.165) is 6.42 Å². The lowest BCUT2D eigenvalue weighted by Crippen LogP contribution is -2.39. The van der Waals surface area contributed by atoms with E-state index in [0.29, 0.717) is 6.42 Å². The van der Waals surface area contributed by atoms with Gasteiger partial charge in [-0.3, -0.25) is 4.79 Å². The van der Waals surface area contributed by atoms with Crippen molar-refractivity contribution in [2.24, 2.45) is 5.73 Å². The smallest absolute Gasteiger partial charge is 0.305 e. The monoisotopic (exact) mass is 173 g/mol. The summed E-state index contributed by atoms with van der Waals surface area (Å²) in [4.78, 5) is 10.4. The molecule has 4 nitrogen and oxygen atoms in total. The van der Waals surface area contributed by atoms with Crippen LogP contribution in [0.4, 0.5) is 0 Å². The molecule has 12 heavy (non-hydrogen) atoms. The molecule has 0 bridgehead atoms. The average Bonchev–Trinajstić information content (AvgIpc) is 1.81. The second kappa shape index (κ2) is 3.87. The molecule has 3 unspecified atom stereocenters. The first-order valence-electron chi connectivity index (χ1n) is 4.20. The van der Waals surface area contributed by atoms with Crippen molar-refractivity contribution >= 4 is 5.97 Å². The van der Waals surface area contributed by atoms with Gasteiger partial charge in [0.15, 0.2) is 0 Å². The van der Waals surface area contributed by atoms with Gasteiger partial charge >= 0.3 is 5.97 Å². The summed E-state index contributed by atoms with van der Waals surface area (Å²) >= 11 is 0. The van der Waals surface area contributed by atoms with Crippen LogP contribution in [0, 0.1) is 0 Å². The van der Waals surface area contributed by atoms with Gasteiger partial charge in [-0.1, -0.05) is 0 Å². The van der Waals surface area contributed by atoms with Crippen LogP contribution in [0.15, 0.2) is 0 Å². The summed E-state index contributed by atoms with van der Waals surface area (Å²) in [7, 11) is 0. The van der Waals surface area contributed by atoms with Gasteiger partial charge in [0.1, 0.15) is 0 Å². The fourth-order valence-electron chi connectivity index (χ4n) is 1.63. The lowest BCUT2D eigenvalue weighted by Gasteiger charge is -2.31. The molecule has 0 aromatic rings. The van der Waals surface area contributed by atoms with E-state index in [2.05, 4.69) is 0 Å². The quantitative estimate of drug-likeness (QED) is 0.632. The van der Waals surface area contributed by atoms with Crippen molar-refractivity contribution in [1.29, 1.82) is 0 Å². The van der Waals surface area contributed by atoms with Crippen molar-refractivity contribution in [2.75, 3.05) is 0 Å². The summed E-state index contributed by atoms with van der Waals surface area (Å²) in [5.74, 6) is -0.818. The maximum atomic E-state index is 10.4. The van der Waals surface area contributed by atoms with Gasteiger partial charge in [0.25, 0.3) is 0 Å². The largest absolute Gasteiger partial charge is 0.481 e. The predicted octanol–water partition coefficient (Wildman–Crippen LogP) is 0.356. The predicted molar refractivity (Wildman–Crippen MR) is 43.8 cm³/mol. The highest BCUT2D eigenvalue weighted by atomic mass is 16.5. The lowest BCUT2D eigenvalue weighted by molar-refractivity contribution is -0.143. The van der Waals surface area contributed by atoms with Gasteiger partial charge in [0, 0.05) is 6.04 Å². The van der Waals surface area contributed by atoms with Crippen LogP contribution in [-0.4, -0.2) is 29.3 Å². The third-order valence-corrected chi connectivity index (χ3v) is 2.03. The SMILES string of the molecule is CC1CC(N)CC(CC(=O)O)O1. The summed E-state index contributed by atoms with van der Waals surface area (Å²) in [5, 5.41) is 8.52. The second-order valence-electron chi connectivity index (χ2n) is 3.40. The number of rotatable bonds is 2. The first kappa shape index (κ1) is 9.48. The van der Waals surface area contributed by atoms with E-state index < -0.39 is 5.97 Å². The molecule has 1 saturated heterocycles. The Hall–Kier alpha value is -0.610. The van der Waals surface area contributed by atoms with Crippen LogP contribution in [-0.2, 0) is 9.53 Å². The highest BCUT2D eigenvalue weighted by molar-refractivity contribution is 5.67. The number of carbonyl (C=O) groups is 1. The van der Waals surface area contributed by atoms with Crippen molar-refractivity contribution < 1.29 is 14.6 Å². The molecule has 0 aliphatic carbocycles. The zero-order chi connectivity index (χ0) is 9.14. The highest BCUT2D eigenvalue weighted by Crippen LogP contribution is 2.19. The Balaban J connectivity index is 2.38. The van der Waals surface area contributed by atoms with Crippen LogP contribution in [0.25, 0.3) is 0 Å². The molecule has 1 fully saturated rings.